The third-order valence-electron chi connectivity index (χ3n) is 2.40. The number of anilines is 1. The number of hydrogen-bond donors (Lipinski definition) is 1. The number of halogens is 1. The summed E-state index contributed by atoms with van der Waals surface area (Å²) in [6, 6.07) is 14.5. The molecule has 0 spiro atoms. The predicted octanol–water partition coefficient (Wildman–Crippen LogP) is 7.15. The van der Waals surface area contributed by atoms with Crippen molar-refractivity contribution in [3.63, 3.8) is 0 Å². The average molecular weight is 348 g/mol. The summed E-state index contributed by atoms with van der Waals surface area (Å²) in [6.07, 6.45) is 1.75. The first-order valence-corrected chi connectivity index (χ1v) is 8.65. The molecule has 0 bridgehead atoms. The molecule has 0 aliphatic heterocycles. The van der Waals surface area contributed by atoms with Crippen LogP contribution < -0.4 is 5.32 Å². The van der Waals surface area contributed by atoms with Crippen molar-refractivity contribution in [2.24, 2.45) is 0 Å². The van der Waals surface area contributed by atoms with Gasteiger partial charge in [0, 0.05) is 16.3 Å². The Labute approximate surface area is 152 Å². The molecular weight excluding hydrogens is 318 g/mol. The second-order valence-corrected chi connectivity index (χ2v) is 4.68. The van der Waals surface area contributed by atoms with Gasteiger partial charge in [-0.25, -0.2) is 0 Å². The monoisotopic (exact) mass is 347 g/mol. The Morgan fingerprint density at radius 1 is 1.04 bits per heavy atom. The Kier molecular flexibility index (Phi) is 16.0. The first-order chi connectivity index (χ1) is 11.6. The van der Waals surface area contributed by atoms with Gasteiger partial charge >= 0.3 is 0 Å². The molecule has 0 saturated carbocycles. The molecule has 2 nitrogen and oxygen atoms in total. The van der Waals surface area contributed by atoms with E-state index in [0.29, 0.717) is 10.6 Å². The van der Waals surface area contributed by atoms with Gasteiger partial charge in [-0.15, -0.1) is 6.58 Å². The van der Waals surface area contributed by atoms with Gasteiger partial charge in [-0.2, -0.15) is 0 Å². The highest BCUT2D eigenvalue weighted by Gasteiger charge is 2.05. The second kappa shape index (κ2) is 15.8. The molecule has 0 unspecified atom stereocenters. The lowest BCUT2D eigenvalue weighted by atomic mass is 10.2. The lowest BCUT2D eigenvalue weighted by Gasteiger charge is -2.05. The molecule has 1 N–H and O–H groups in total. The van der Waals surface area contributed by atoms with E-state index in [1.165, 1.54) is 0 Å². The van der Waals surface area contributed by atoms with Crippen molar-refractivity contribution in [3.8, 4) is 0 Å². The molecule has 2 rings (SSSR count). The minimum Gasteiger partial charge on any atom is -0.322 e. The summed E-state index contributed by atoms with van der Waals surface area (Å²) in [5.74, 6) is -0.156. The Hall–Kier alpha value is -2.06. The zero-order chi connectivity index (χ0) is 19.0. The summed E-state index contributed by atoms with van der Waals surface area (Å²) < 4.78 is 0. The molecule has 0 aliphatic rings. The van der Waals surface area contributed by atoms with Crippen molar-refractivity contribution in [1.29, 1.82) is 0 Å². The van der Waals surface area contributed by atoms with E-state index in [9.17, 15) is 4.79 Å². The molecule has 0 aromatic heterocycles. The van der Waals surface area contributed by atoms with Gasteiger partial charge in [-0.05, 0) is 44.2 Å². The highest BCUT2D eigenvalue weighted by molar-refractivity contribution is 6.31. The molecule has 0 saturated heterocycles. The van der Waals surface area contributed by atoms with Crippen LogP contribution in [0, 0.1) is 6.92 Å². The molecule has 24 heavy (non-hydrogen) atoms. The molecule has 2 aromatic carbocycles. The van der Waals surface area contributed by atoms with Gasteiger partial charge in [-0.3, -0.25) is 4.79 Å². The quantitative estimate of drug-likeness (QED) is 0.574. The molecule has 0 fully saturated rings. The summed E-state index contributed by atoms with van der Waals surface area (Å²) in [6.45, 7) is 15.3. The number of aryl methyl sites for hydroxylation is 1. The van der Waals surface area contributed by atoms with Crippen molar-refractivity contribution in [1.82, 2.24) is 0 Å². The number of carbonyl (C=O) groups excluding carboxylic acids is 1. The molecule has 3 heteroatoms. The molecule has 0 radical (unpaired) electrons. The van der Waals surface area contributed by atoms with Crippen molar-refractivity contribution < 1.29 is 4.79 Å². The van der Waals surface area contributed by atoms with E-state index in [1.807, 2.05) is 65.8 Å². The number of amides is 1. The fourth-order valence-corrected chi connectivity index (χ4v) is 1.66. The molecule has 132 valence electrons. The lowest BCUT2D eigenvalue weighted by molar-refractivity contribution is 0.102. The van der Waals surface area contributed by atoms with Crippen molar-refractivity contribution in [2.45, 2.75) is 41.5 Å². The van der Waals surface area contributed by atoms with Crippen LogP contribution in [-0.4, -0.2) is 5.91 Å². The summed E-state index contributed by atoms with van der Waals surface area (Å²) in [5.41, 5.74) is 2.49. The van der Waals surface area contributed by atoms with Gasteiger partial charge in [0.1, 0.15) is 0 Å². The number of benzene rings is 2. The van der Waals surface area contributed by atoms with Crippen molar-refractivity contribution >= 4 is 23.2 Å². The van der Waals surface area contributed by atoms with E-state index in [-0.39, 0.29) is 5.91 Å². The summed E-state index contributed by atoms with van der Waals surface area (Å²) in [4.78, 5) is 11.9. The minimum atomic E-state index is -0.156. The van der Waals surface area contributed by atoms with E-state index < -0.39 is 0 Å². The van der Waals surface area contributed by atoms with E-state index in [4.69, 9.17) is 11.6 Å². The van der Waals surface area contributed by atoms with Gasteiger partial charge in [0.15, 0.2) is 0 Å². The zero-order valence-corrected chi connectivity index (χ0v) is 16.4. The summed E-state index contributed by atoms with van der Waals surface area (Å²) >= 11 is 5.83. The van der Waals surface area contributed by atoms with Gasteiger partial charge in [0.25, 0.3) is 5.91 Å². The largest absolute Gasteiger partial charge is 0.322 e. The Bertz CT molecular complexity index is 577. The smallest absolute Gasteiger partial charge is 0.255 e. The molecule has 1 amide bonds. The van der Waals surface area contributed by atoms with Crippen LogP contribution in [-0.2, 0) is 0 Å². The molecule has 2 aromatic rings. The van der Waals surface area contributed by atoms with Gasteiger partial charge in [0.05, 0.1) is 0 Å². The summed E-state index contributed by atoms with van der Waals surface area (Å²) in [7, 11) is 0. The fourth-order valence-electron chi connectivity index (χ4n) is 1.47. The van der Waals surface area contributed by atoms with Gasteiger partial charge < -0.3 is 5.32 Å². The van der Waals surface area contributed by atoms with Crippen LogP contribution in [0.15, 0.2) is 61.2 Å². The first kappa shape index (κ1) is 24.2. The van der Waals surface area contributed by atoms with Crippen LogP contribution in [0.1, 0.15) is 50.5 Å². The number of carbonyl (C=O) groups is 1. The number of rotatable bonds is 2. The Balaban J connectivity index is 0. The maximum atomic E-state index is 11.9. The maximum Gasteiger partial charge on any atom is 0.255 e. The van der Waals surface area contributed by atoms with E-state index >= 15 is 0 Å². The van der Waals surface area contributed by atoms with Crippen molar-refractivity contribution in [2.75, 3.05) is 5.32 Å². The first-order valence-electron chi connectivity index (χ1n) is 8.27. The van der Waals surface area contributed by atoms with Crippen LogP contribution in [0.2, 0.25) is 5.02 Å². The third kappa shape index (κ3) is 10.6. The van der Waals surface area contributed by atoms with Gasteiger partial charge in [0.2, 0.25) is 0 Å². The number of nitrogens with one attached hydrogen (secondary N) is 1. The fraction of sp³-hybridized carbons (Fsp3) is 0.286. The van der Waals surface area contributed by atoms with E-state index in [1.54, 1.807) is 30.3 Å². The SMILES string of the molecule is C=CC.CC.CC.Cc1ccc(NC(=O)c2cccc(Cl)c2)cc1. The van der Waals surface area contributed by atoms with Gasteiger partial charge in [-0.1, -0.05) is 69.1 Å². The standard InChI is InChI=1S/C14H12ClNO.C3H6.2C2H6/c1-10-5-7-13(8-6-10)16-14(17)11-3-2-4-12(15)9-11;1-3-2;2*1-2/h2-9H,1H3,(H,16,17);3H,1H2,2H3;2*1-2H3. The summed E-state index contributed by atoms with van der Waals surface area (Å²) in [5, 5.41) is 3.37. The molecule has 0 atom stereocenters. The zero-order valence-electron chi connectivity index (χ0n) is 15.7. The highest BCUT2D eigenvalue weighted by atomic mass is 35.5. The normalized spacial score (nSPS) is 8.12. The molecule has 0 aliphatic carbocycles. The maximum absolute atomic E-state index is 11.9. The van der Waals surface area contributed by atoms with Crippen LogP contribution >= 0.6 is 11.6 Å². The van der Waals surface area contributed by atoms with Crippen molar-refractivity contribution in [3.05, 3.63) is 77.3 Å². The topological polar surface area (TPSA) is 29.1 Å². The average Bonchev–Trinajstić information content (AvgIpc) is 2.61. The van der Waals surface area contributed by atoms with Crippen LogP contribution in [0.25, 0.3) is 0 Å². The lowest BCUT2D eigenvalue weighted by Crippen LogP contribution is -2.11. The predicted molar refractivity (Wildman–Crippen MR) is 109 cm³/mol. The highest BCUT2D eigenvalue weighted by Crippen LogP contribution is 2.14. The molecule has 0 heterocycles. The van der Waals surface area contributed by atoms with E-state index in [0.717, 1.165) is 11.3 Å². The van der Waals surface area contributed by atoms with E-state index in [2.05, 4.69) is 11.9 Å². The number of hydrogen-bond acceptors (Lipinski definition) is 1. The molecular formula is C21H30ClNO. The van der Waals surface area contributed by atoms with Crippen LogP contribution in [0.3, 0.4) is 0 Å². The van der Waals surface area contributed by atoms with Crippen LogP contribution in [0.5, 0.6) is 0 Å². The number of allylic oxidation sites excluding steroid dienone is 1. The minimum absolute atomic E-state index is 0.156. The Morgan fingerprint density at radius 3 is 2.00 bits per heavy atom. The van der Waals surface area contributed by atoms with Crippen LogP contribution in [0.4, 0.5) is 5.69 Å². The third-order valence-corrected chi connectivity index (χ3v) is 2.63. The Morgan fingerprint density at radius 2 is 1.54 bits per heavy atom. The second-order valence-electron chi connectivity index (χ2n) is 4.24.